The highest BCUT2D eigenvalue weighted by Crippen LogP contribution is 2.29. The van der Waals surface area contributed by atoms with Gasteiger partial charge in [0.15, 0.2) is 0 Å². The number of carbonyl (C=O) groups excluding carboxylic acids is 2. The molecule has 2 fully saturated rings. The Kier molecular flexibility index (Phi) is 5.56. The first-order valence-electron chi connectivity index (χ1n) is 8.34. The van der Waals surface area contributed by atoms with Gasteiger partial charge in [0.1, 0.15) is 0 Å². The largest absolute Gasteiger partial charge is 0.338 e. The fourth-order valence-electron chi connectivity index (χ4n) is 3.46. The van der Waals surface area contributed by atoms with Gasteiger partial charge in [0.05, 0.1) is 0 Å². The lowest BCUT2D eigenvalue weighted by molar-refractivity contribution is -0.117. The Morgan fingerprint density at radius 2 is 2.04 bits per heavy atom. The fraction of sp³-hybridized carbons (Fsp3) is 0.556. The molecule has 1 aromatic rings. The third kappa shape index (κ3) is 3.57. The summed E-state index contributed by atoms with van der Waals surface area (Å²) in [5, 5.41) is 0. The number of hydrogen-bond acceptors (Lipinski definition) is 3. The number of nitrogens with two attached hydrogens (primary N) is 1. The lowest BCUT2D eigenvalue weighted by Crippen LogP contribution is -2.54. The molecule has 5 nitrogen and oxygen atoms in total. The molecule has 1 unspecified atom stereocenters. The highest BCUT2D eigenvalue weighted by atomic mass is 35.5. The molecule has 1 aromatic carbocycles. The van der Waals surface area contributed by atoms with Crippen molar-refractivity contribution in [2.24, 2.45) is 11.1 Å². The van der Waals surface area contributed by atoms with Gasteiger partial charge in [-0.15, -0.1) is 12.4 Å². The summed E-state index contributed by atoms with van der Waals surface area (Å²) in [5.74, 6) is 0.165. The van der Waals surface area contributed by atoms with Crippen molar-refractivity contribution in [2.45, 2.75) is 39.2 Å². The van der Waals surface area contributed by atoms with Crippen LogP contribution in [0.1, 0.15) is 43.5 Å². The molecule has 2 saturated heterocycles. The Bertz CT molecular complexity index is 632. The van der Waals surface area contributed by atoms with Gasteiger partial charge in [-0.25, -0.2) is 0 Å². The summed E-state index contributed by atoms with van der Waals surface area (Å²) in [6.07, 6.45) is 2.30. The first kappa shape index (κ1) is 18.7. The summed E-state index contributed by atoms with van der Waals surface area (Å²) < 4.78 is 0. The van der Waals surface area contributed by atoms with Crippen LogP contribution < -0.4 is 10.6 Å². The van der Waals surface area contributed by atoms with Crippen LogP contribution in [0.4, 0.5) is 5.69 Å². The predicted molar refractivity (Wildman–Crippen MR) is 97.6 cm³/mol. The molecule has 2 heterocycles. The van der Waals surface area contributed by atoms with Gasteiger partial charge in [-0.2, -0.15) is 0 Å². The molecule has 24 heavy (non-hydrogen) atoms. The number of piperidine rings is 1. The second kappa shape index (κ2) is 7.11. The van der Waals surface area contributed by atoms with Crippen molar-refractivity contribution in [3.05, 3.63) is 29.8 Å². The van der Waals surface area contributed by atoms with E-state index >= 15 is 0 Å². The van der Waals surface area contributed by atoms with Crippen molar-refractivity contribution in [2.75, 3.05) is 24.5 Å². The molecule has 132 valence electrons. The van der Waals surface area contributed by atoms with Gasteiger partial charge in [0.25, 0.3) is 5.91 Å². The standard InChI is InChI=1S/C18H25N3O2.ClH/c1-18(2)12-20(10-8-15(18)19)17(23)13-5-3-6-14(11-13)21-9-4-7-16(21)22;/h3,5-6,11,15H,4,7-10,12,19H2,1-2H3;1H. The number of benzene rings is 1. The van der Waals surface area contributed by atoms with Gasteiger partial charge in [-0.05, 0) is 36.5 Å². The van der Waals surface area contributed by atoms with E-state index in [0.29, 0.717) is 25.1 Å². The maximum absolute atomic E-state index is 12.8. The Hall–Kier alpha value is -1.59. The average molecular weight is 352 g/mol. The Morgan fingerprint density at radius 1 is 1.29 bits per heavy atom. The molecule has 1 atom stereocenters. The molecule has 2 N–H and O–H groups in total. The third-order valence-corrected chi connectivity index (χ3v) is 5.08. The zero-order valence-corrected chi connectivity index (χ0v) is 15.1. The number of hydrogen-bond donors (Lipinski definition) is 1. The van der Waals surface area contributed by atoms with Gasteiger partial charge in [-0.3, -0.25) is 9.59 Å². The Morgan fingerprint density at radius 3 is 2.67 bits per heavy atom. The van der Waals surface area contributed by atoms with E-state index in [0.717, 1.165) is 25.1 Å². The van der Waals surface area contributed by atoms with Crippen molar-refractivity contribution >= 4 is 29.9 Å². The maximum atomic E-state index is 12.8. The lowest BCUT2D eigenvalue weighted by Gasteiger charge is -2.42. The number of rotatable bonds is 2. The van der Waals surface area contributed by atoms with Crippen molar-refractivity contribution in [1.29, 1.82) is 0 Å². The number of anilines is 1. The normalized spacial score (nSPS) is 23.1. The number of likely N-dealkylation sites (tertiary alicyclic amines) is 1. The molecule has 0 aliphatic carbocycles. The zero-order valence-electron chi connectivity index (χ0n) is 14.3. The first-order chi connectivity index (χ1) is 10.9. The summed E-state index contributed by atoms with van der Waals surface area (Å²) in [6.45, 7) is 6.31. The van der Waals surface area contributed by atoms with Crippen LogP contribution in [0.3, 0.4) is 0 Å². The summed E-state index contributed by atoms with van der Waals surface area (Å²) in [4.78, 5) is 28.4. The van der Waals surface area contributed by atoms with Crippen LogP contribution in [0.25, 0.3) is 0 Å². The minimum absolute atomic E-state index is 0. The van der Waals surface area contributed by atoms with Crippen molar-refractivity contribution in [1.82, 2.24) is 4.90 Å². The summed E-state index contributed by atoms with van der Waals surface area (Å²) >= 11 is 0. The van der Waals surface area contributed by atoms with Crippen LogP contribution in [-0.4, -0.2) is 42.4 Å². The Balaban J connectivity index is 0.00000208. The van der Waals surface area contributed by atoms with Crippen molar-refractivity contribution < 1.29 is 9.59 Å². The second-order valence-corrected chi connectivity index (χ2v) is 7.31. The second-order valence-electron chi connectivity index (χ2n) is 7.31. The van der Waals surface area contributed by atoms with Crippen molar-refractivity contribution in [3.8, 4) is 0 Å². The monoisotopic (exact) mass is 351 g/mol. The van der Waals surface area contributed by atoms with Crippen molar-refractivity contribution in [3.63, 3.8) is 0 Å². The quantitative estimate of drug-likeness (QED) is 0.889. The smallest absolute Gasteiger partial charge is 0.253 e. The van der Waals surface area contributed by atoms with Crippen LogP contribution in [0.5, 0.6) is 0 Å². The molecule has 3 rings (SSSR count). The van der Waals surface area contributed by atoms with Gasteiger partial charge in [0, 0.05) is 43.3 Å². The van der Waals surface area contributed by atoms with E-state index in [1.807, 2.05) is 29.2 Å². The van der Waals surface area contributed by atoms with Crippen LogP contribution in [0.15, 0.2) is 24.3 Å². The number of nitrogens with zero attached hydrogens (tertiary/aromatic N) is 2. The molecule has 6 heteroatoms. The van der Waals surface area contributed by atoms with Crippen LogP contribution in [0, 0.1) is 5.41 Å². The highest BCUT2D eigenvalue weighted by molar-refractivity contribution is 5.99. The predicted octanol–water partition coefficient (Wildman–Crippen LogP) is 2.43. The lowest BCUT2D eigenvalue weighted by atomic mass is 9.79. The van der Waals surface area contributed by atoms with E-state index in [4.69, 9.17) is 5.73 Å². The SMILES string of the molecule is CC1(C)CN(C(=O)c2cccc(N3CCCC3=O)c2)CCC1N.Cl. The number of halogens is 1. The highest BCUT2D eigenvalue weighted by Gasteiger charge is 2.35. The summed E-state index contributed by atoms with van der Waals surface area (Å²) in [5.41, 5.74) is 7.55. The molecule has 0 radical (unpaired) electrons. The Labute approximate surface area is 149 Å². The van der Waals surface area contributed by atoms with Gasteiger partial charge in [0.2, 0.25) is 5.91 Å². The van der Waals surface area contributed by atoms with E-state index in [2.05, 4.69) is 13.8 Å². The molecule has 0 bridgehead atoms. The van der Waals surface area contributed by atoms with E-state index in [9.17, 15) is 9.59 Å². The molecule has 2 aliphatic rings. The van der Waals surface area contributed by atoms with E-state index in [1.165, 1.54) is 0 Å². The number of amides is 2. The maximum Gasteiger partial charge on any atom is 0.253 e. The fourth-order valence-corrected chi connectivity index (χ4v) is 3.46. The van der Waals surface area contributed by atoms with Gasteiger partial charge < -0.3 is 15.5 Å². The van der Waals surface area contributed by atoms with E-state index in [1.54, 1.807) is 4.90 Å². The molecular formula is C18H26ClN3O2. The van der Waals surface area contributed by atoms with E-state index in [-0.39, 0.29) is 35.7 Å². The molecule has 0 saturated carbocycles. The summed E-state index contributed by atoms with van der Waals surface area (Å²) in [7, 11) is 0. The van der Waals surface area contributed by atoms with Crippen LogP contribution in [-0.2, 0) is 4.79 Å². The topological polar surface area (TPSA) is 66.6 Å². The molecule has 2 amide bonds. The summed E-state index contributed by atoms with van der Waals surface area (Å²) in [6, 6.07) is 7.55. The minimum atomic E-state index is -0.0730. The number of carbonyl (C=O) groups is 2. The van der Waals surface area contributed by atoms with E-state index < -0.39 is 0 Å². The molecule has 0 aromatic heterocycles. The first-order valence-corrected chi connectivity index (χ1v) is 8.34. The average Bonchev–Trinajstić information content (AvgIpc) is 2.95. The molecular weight excluding hydrogens is 326 g/mol. The van der Waals surface area contributed by atoms with Gasteiger partial charge >= 0.3 is 0 Å². The van der Waals surface area contributed by atoms with Crippen LogP contribution in [0.2, 0.25) is 0 Å². The third-order valence-electron chi connectivity index (χ3n) is 5.08. The minimum Gasteiger partial charge on any atom is -0.338 e. The van der Waals surface area contributed by atoms with Crippen LogP contribution >= 0.6 is 12.4 Å². The molecule has 2 aliphatic heterocycles. The zero-order chi connectivity index (χ0) is 16.6. The van der Waals surface area contributed by atoms with Gasteiger partial charge in [-0.1, -0.05) is 19.9 Å². The molecule has 0 spiro atoms.